The molecule has 100 valence electrons. The van der Waals surface area contributed by atoms with Crippen LogP contribution in [0.2, 0.25) is 0 Å². The second kappa shape index (κ2) is 6.55. The number of pyridine rings is 1. The SMILES string of the molecule is CCNC(c1cncc(C)c1)C1CSCCN1C. The van der Waals surface area contributed by atoms with E-state index >= 15 is 0 Å². The maximum absolute atomic E-state index is 4.34. The van der Waals surface area contributed by atoms with Gasteiger partial charge in [-0.05, 0) is 31.6 Å². The van der Waals surface area contributed by atoms with Gasteiger partial charge in [0.05, 0.1) is 6.04 Å². The van der Waals surface area contributed by atoms with Crippen LogP contribution in [0.1, 0.15) is 24.1 Å². The average Bonchev–Trinajstić information content (AvgIpc) is 2.37. The first kappa shape index (κ1) is 13.8. The summed E-state index contributed by atoms with van der Waals surface area (Å²) in [6.45, 7) is 6.45. The molecule has 1 aromatic heterocycles. The monoisotopic (exact) mass is 265 g/mol. The fraction of sp³-hybridized carbons (Fsp3) is 0.643. The van der Waals surface area contributed by atoms with E-state index in [1.165, 1.54) is 29.2 Å². The fourth-order valence-electron chi connectivity index (χ4n) is 2.50. The average molecular weight is 265 g/mol. The summed E-state index contributed by atoms with van der Waals surface area (Å²) in [7, 11) is 2.23. The van der Waals surface area contributed by atoms with Crippen molar-refractivity contribution in [1.29, 1.82) is 0 Å². The Labute approximate surface area is 114 Å². The van der Waals surface area contributed by atoms with Crippen molar-refractivity contribution in [2.45, 2.75) is 25.9 Å². The zero-order valence-electron chi connectivity index (χ0n) is 11.5. The van der Waals surface area contributed by atoms with Gasteiger partial charge in [-0.15, -0.1) is 0 Å². The maximum atomic E-state index is 4.34. The summed E-state index contributed by atoms with van der Waals surface area (Å²) in [5.74, 6) is 2.44. The summed E-state index contributed by atoms with van der Waals surface area (Å²) in [6.07, 6.45) is 3.93. The molecule has 0 radical (unpaired) electrons. The van der Waals surface area contributed by atoms with Crippen LogP contribution >= 0.6 is 11.8 Å². The van der Waals surface area contributed by atoms with Crippen LogP contribution in [0, 0.1) is 6.92 Å². The molecule has 0 aliphatic carbocycles. The van der Waals surface area contributed by atoms with Crippen molar-refractivity contribution < 1.29 is 0 Å². The molecule has 0 bridgehead atoms. The van der Waals surface area contributed by atoms with Crippen LogP contribution in [0.25, 0.3) is 0 Å². The molecule has 4 heteroatoms. The molecular weight excluding hydrogens is 242 g/mol. The Hall–Kier alpha value is -0.580. The van der Waals surface area contributed by atoms with Crippen molar-refractivity contribution in [1.82, 2.24) is 15.2 Å². The van der Waals surface area contributed by atoms with Crippen molar-refractivity contribution in [3.8, 4) is 0 Å². The van der Waals surface area contributed by atoms with Crippen LogP contribution in [-0.4, -0.2) is 47.6 Å². The summed E-state index contributed by atoms with van der Waals surface area (Å²) in [5.41, 5.74) is 2.55. The molecule has 1 aliphatic rings. The third-order valence-electron chi connectivity index (χ3n) is 3.51. The van der Waals surface area contributed by atoms with Gasteiger partial charge in [-0.2, -0.15) is 11.8 Å². The van der Waals surface area contributed by atoms with Gasteiger partial charge in [0.1, 0.15) is 0 Å². The minimum Gasteiger partial charge on any atom is -0.309 e. The molecule has 0 amide bonds. The van der Waals surface area contributed by atoms with E-state index in [1.807, 2.05) is 12.4 Å². The second-order valence-corrected chi connectivity index (χ2v) is 6.10. The van der Waals surface area contributed by atoms with Gasteiger partial charge in [0.15, 0.2) is 0 Å². The lowest BCUT2D eigenvalue weighted by Crippen LogP contribution is -2.47. The van der Waals surface area contributed by atoms with Gasteiger partial charge in [-0.3, -0.25) is 9.88 Å². The van der Waals surface area contributed by atoms with E-state index in [-0.39, 0.29) is 0 Å². The number of aromatic nitrogens is 1. The Kier molecular flexibility index (Phi) is 5.03. The highest BCUT2D eigenvalue weighted by atomic mass is 32.2. The minimum atomic E-state index is 0.389. The minimum absolute atomic E-state index is 0.389. The van der Waals surface area contributed by atoms with Gasteiger partial charge in [0.2, 0.25) is 0 Å². The number of rotatable bonds is 4. The largest absolute Gasteiger partial charge is 0.309 e. The lowest BCUT2D eigenvalue weighted by molar-refractivity contribution is 0.217. The highest BCUT2D eigenvalue weighted by Crippen LogP contribution is 2.26. The van der Waals surface area contributed by atoms with E-state index in [9.17, 15) is 0 Å². The first-order chi connectivity index (χ1) is 8.72. The lowest BCUT2D eigenvalue weighted by Gasteiger charge is -2.38. The van der Waals surface area contributed by atoms with Gasteiger partial charge in [0.25, 0.3) is 0 Å². The van der Waals surface area contributed by atoms with Crippen molar-refractivity contribution in [2.24, 2.45) is 0 Å². The van der Waals surface area contributed by atoms with Crippen LogP contribution in [0.3, 0.4) is 0 Å². The molecule has 0 saturated carbocycles. The smallest absolute Gasteiger partial charge is 0.0501 e. The van der Waals surface area contributed by atoms with Gasteiger partial charge in [0, 0.05) is 36.5 Å². The molecule has 1 aromatic rings. The summed E-state index contributed by atoms with van der Waals surface area (Å²) < 4.78 is 0. The van der Waals surface area contributed by atoms with E-state index in [1.54, 1.807) is 0 Å². The van der Waals surface area contributed by atoms with E-state index in [2.05, 4.69) is 53.9 Å². The Morgan fingerprint density at radius 3 is 3.06 bits per heavy atom. The van der Waals surface area contributed by atoms with Crippen molar-refractivity contribution in [2.75, 3.05) is 31.6 Å². The predicted molar refractivity (Wildman–Crippen MR) is 79.1 cm³/mol. The molecule has 2 unspecified atom stereocenters. The third-order valence-corrected chi connectivity index (χ3v) is 4.56. The van der Waals surface area contributed by atoms with Gasteiger partial charge >= 0.3 is 0 Å². The number of thioether (sulfide) groups is 1. The quantitative estimate of drug-likeness (QED) is 0.902. The third kappa shape index (κ3) is 3.25. The normalized spacial score (nSPS) is 22.9. The molecule has 1 N–H and O–H groups in total. The summed E-state index contributed by atoms with van der Waals surface area (Å²) >= 11 is 2.06. The molecule has 0 aromatic carbocycles. The zero-order valence-corrected chi connectivity index (χ0v) is 12.3. The van der Waals surface area contributed by atoms with E-state index in [0.717, 1.165) is 6.54 Å². The molecule has 1 fully saturated rings. The Bertz CT molecular complexity index is 383. The molecule has 1 saturated heterocycles. The molecule has 1 aliphatic heterocycles. The molecule has 3 nitrogen and oxygen atoms in total. The fourth-order valence-corrected chi connectivity index (χ4v) is 3.77. The van der Waals surface area contributed by atoms with Crippen molar-refractivity contribution in [3.63, 3.8) is 0 Å². The first-order valence-corrected chi connectivity index (χ1v) is 7.80. The van der Waals surface area contributed by atoms with E-state index in [4.69, 9.17) is 0 Å². The lowest BCUT2D eigenvalue weighted by atomic mass is 9.99. The van der Waals surface area contributed by atoms with Gasteiger partial charge < -0.3 is 5.32 Å². The second-order valence-electron chi connectivity index (χ2n) is 4.95. The van der Waals surface area contributed by atoms with Gasteiger partial charge in [-0.25, -0.2) is 0 Å². The number of aryl methyl sites for hydroxylation is 1. The summed E-state index contributed by atoms with van der Waals surface area (Å²) in [4.78, 5) is 6.82. The van der Waals surface area contributed by atoms with E-state index < -0.39 is 0 Å². The topological polar surface area (TPSA) is 28.2 Å². The van der Waals surface area contributed by atoms with Crippen LogP contribution in [0.5, 0.6) is 0 Å². The molecule has 2 rings (SSSR count). The van der Waals surface area contributed by atoms with Crippen molar-refractivity contribution in [3.05, 3.63) is 29.6 Å². The molecule has 0 spiro atoms. The van der Waals surface area contributed by atoms with Crippen LogP contribution in [-0.2, 0) is 0 Å². The summed E-state index contributed by atoms with van der Waals surface area (Å²) in [6, 6.07) is 3.21. The number of hydrogen-bond donors (Lipinski definition) is 1. The van der Waals surface area contributed by atoms with E-state index in [0.29, 0.717) is 12.1 Å². The van der Waals surface area contributed by atoms with Crippen molar-refractivity contribution >= 4 is 11.8 Å². The molecular formula is C14H23N3S. The Morgan fingerprint density at radius 1 is 1.56 bits per heavy atom. The predicted octanol–water partition coefficient (Wildman–Crippen LogP) is 2.09. The van der Waals surface area contributed by atoms with Crippen LogP contribution in [0.15, 0.2) is 18.5 Å². The maximum Gasteiger partial charge on any atom is 0.0501 e. The highest BCUT2D eigenvalue weighted by molar-refractivity contribution is 7.99. The Balaban J connectivity index is 2.21. The molecule has 2 atom stereocenters. The zero-order chi connectivity index (χ0) is 13.0. The van der Waals surface area contributed by atoms with Crippen LogP contribution in [0.4, 0.5) is 0 Å². The standard InChI is InChI=1S/C14H23N3S/c1-4-16-14(12-7-11(2)8-15-9-12)13-10-18-6-5-17(13)3/h7-9,13-14,16H,4-6,10H2,1-3H3. The summed E-state index contributed by atoms with van der Waals surface area (Å²) in [5, 5.41) is 3.63. The number of likely N-dealkylation sites (N-methyl/N-ethyl adjacent to an activating group) is 2. The van der Waals surface area contributed by atoms with Crippen LogP contribution < -0.4 is 5.32 Å². The molecule has 2 heterocycles. The number of hydrogen-bond acceptors (Lipinski definition) is 4. The number of nitrogens with zero attached hydrogens (tertiary/aromatic N) is 2. The van der Waals surface area contributed by atoms with Gasteiger partial charge in [-0.1, -0.05) is 13.0 Å². The first-order valence-electron chi connectivity index (χ1n) is 6.65. The highest BCUT2D eigenvalue weighted by Gasteiger charge is 2.28. The Morgan fingerprint density at radius 2 is 2.39 bits per heavy atom. The number of nitrogens with one attached hydrogen (secondary N) is 1. The molecule has 18 heavy (non-hydrogen) atoms.